The highest BCUT2D eigenvalue weighted by molar-refractivity contribution is 5.76. The Labute approximate surface area is 169 Å². The lowest BCUT2D eigenvalue weighted by atomic mass is 10.1. The number of rotatable bonds is 5. The van der Waals surface area contributed by atoms with Crippen LogP contribution >= 0.6 is 0 Å². The molecule has 7 heteroatoms. The van der Waals surface area contributed by atoms with Crippen LogP contribution in [0, 0.1) is 5.82 Å². The highest BCUT2D eigenvalue weighted by Crippen LogP contribution is 2.20. The molecule has 0 bridgehead atoms. The maximum Gasteiger partial charge on any atom is 0.409 e. The first-order chi connectivity index (χ1) is 14.1. The Morgan fingerprint density at radius 3 is 2.76 bits per heavy atom. The molecule has 1 aliphatic heterocycles. The van der Waals surface area contributed by atoms with Crippen molar-refractivity contribution in [2.75, 3.05) is 25.1 Å². The highest BCUT2D eigenvalue weighted by Gasteiger charge is 2.24. The van der Waals surface area contributed by atoms with Crippen molar-refractivity contribution in [2.24, 2.45) is 0 Å². The molecule has 1 aromatic heterocycles. The van der Waals surface area contributed by atoms with Crippen molar-refractivity contribution in [3.8, 4) is 0 Å². The average Bonchev–Trinajstić information content (AvgIpc) is 3.06. The molecule has 0 saturated carbocycles. The highest BCUT2D eigenvalue weighted by atomic mass is 19.1. The van der Waals surface area contributed by atoms with Crippen LogP contribution in [0.2, 0.25) is 0 Å². The van der Waals surface area contributed by atoms with E-state index in [0.717, 1.165) is 35.3 Å². The molecule has 6 nitrogen and oxygen atoms in total. The van der Waals surface area contributed by atoms with E-state index in [-0.39, 0.29) is 18.0 Å². The second-order valence-corrected chi connectivity index (χ2v) is 7.25. The zero-order valence-electron chi connectivity index (χ0n) is 16.5. The van der Waals surface area contributed by atoms with Gasteiger partial charge in [0.05, 0.1) is 17.6 Å². The Bertz CT molecular complexity index is 995. The molecule has 1 aliphatic rings. The number of carbonyl (C=O) groups is 1. The van der Waals surface area contributed by atoms with Gasteiger partial charge < -0.3 is 15.1 Å². The molecule has 1 N–H and O–H groups in total. The largest absolute Gasteiger partial charge is 0.450 e. The molecule has 0 aliphatic carbocycles. The molecule has 3 aromatic rings. The summed E-state index contributed by atoms with van der Waals surface area (Å²) in [6.07, 6.45) is 1.93. The van der Waals surface area contributed by atoms with Crippen LogP contribution in [0.4, 0.5) is 9.18 Å². The van der Waals surface area contributed by atoms with Crippen molar-refractivity contribution in [1.82, 2.24) is 14.6 Å². The molecule has 1 fully saturated rings. The van der Waals surface area contributed by atoms with Crippen LogP contribution in [0.5, 0.6) is 0 Å². The van der Waals surface area contributed by atoms with Gasteiger partial charge in [0.1, 0.15) is 11.6 Å². The fourth-order valence-electron chi connectivity index (χ4n) is 3.76. The monoisotopic (exact) mass is 396 g/mol. The minimum atomic E-state index is -0.246. The third-order valence-corrected chi connectivity index (χ3v) is 5.21. The topological polar surface area (TPSA) is 59.4 Å². The molecule has 152 valence electrons. The number of imidazole rings is 1. The third-order valence-electron chi connectivity index (χ3n) is 5.21. The maximum absolute atomic E-state index is 13.6. The second kappa shape index (κ2) is 8.51. The summed E-state index contributed by atoms with van der Waals surface area (Å²) in [6.45, 7) is 3.52. The Morgan fingerprint density at radius 1 is 1.21 bits per heavy atom. The Morgan fingerprint density at radius 2 is 2.00 bits per heavy atom. The lowest BCUT2D eigenvalue weighted by molar-refractivity contribution is 0.0977. The van der Waals surface area contributed by atoms with E-state index in [4.69, 9.17) is 9.72 Å². The van der Waals surface area contributed by atoms with Gasteiger partial charge in [0, 0.05) is 25.6 Å². The number of benzene rings is 2. The van der Waals surface area contributed by atoms with Crippen molar-refractivity contribution in [3.63, 3.8) is 0 Å². The van der Waals surface area contributed by atoms with Gasteiger partial charge in [-0.05, 0) is 49.6 Å². The lowest BCUT2D eigenvalue weighted by Crippen LogP contribution is -2.44. The van der Waals surface area contributed by atoms with Crippen LogP contribution < -0.4 is 5.43 Å². The van der Waals surface area contributed by atoms with E-state index < -0.39 is 0 Å². The maximum atomic E-state index is 13.6. The number of likely N-dealkylation sites (tertiary alicyclic amines) is 1. The first-order valence-corrected chi connectivity index (χ1v) is 10.0. The van der Waals surface area contributed by atoms with Crippen LogP contribution in [0.15, 0.2) is 48.5 Å². The molecule has 0 spiro atoms. The second-order valence-electron chi connectivity index (χ2n) is 7.25. The number of piperidine rings is 1. The van der Waals surface area contributed by atoms with Crippen LogP contribution in [0.3, 0.4) is 0 Å². The van der Waals surface area contributed by atoms with Gasteiger partial charge >= 0.3 is 6.09 Å². The van der Waals surface area contributed by atoms with Crippen molar-refractivity contribution < 1.29 is 13.9 Å². The molecule has 0 atom stereocenters. The van der Waals surface area contributed by atoms with E-state index in [1.807, 2.05) is 41.9 Å². The number of aromatic nitrogens is 2. The number of carbonyl (C=O) groups excluding carboxylic acids is 1. The predicted molar refractivity (Wildman–Crippen MR) is 110 cm³/mol. The summed E-state index contributed by atoms with van der Waals surface area (Å²) in [6, 6.07) is 14.8. The summed E-state index contributed by atoms with van der Waals surface area (Å²) >= 11 is 0. The average molecular weight is 396 g/mol. The van der Waals surface area contributed by atoms with E-state index >= 15 is 0 Å². The minimum Gasteiger partial charge on any atom is -0.450 e. The van der Waals surface area contributed by atoms with Crippen molar-refractivity contribution in [2.45, 2.75) is 32.2 Å². The molecular weight excluding hydrogens is 371 g/mol. The summed E-state index contributed by atoms with van der Waals surface area (Å²) in [5, 5.41) is 0. The van der Waals surface area contributed by atoms with E-state index in [9.17, 15) is 9.18 Å². The standard InChI is InChI=1S/C22H25FN4O2/c1-2-29-22(28)26-12-10-18(11-13-26)25-27-20-9-4-3-8-19(20)24-21(27)15-16-6-5-7-17(23)14-16/h3-9,14,18,25H,2,10-13,15H2,1H3. The van der Waals surface area contributed by atoms with E-state index in [1.54, 1.807) is 17.0 Å². The Balaban J connectivity index is 1.53. The first-order valence-electron chi connectivity index (χ1n) is 10.0. The summed E-state index contributed by atoms with van der Waals surface area (Å²) in [4.78, 5) is 18.4. The number of amides is 1. The number of nitrogens with one attached hydrogen (secondary N) is 1. The van der Waals surface area contributed by atoms with Gasteiger partial charge in [-0.25, -0.2) is 18.8 Å². The van der Waals surface area contributed by atoms with Crippen molar-refractivity contribution >= 4 is 17.1 Å². The van der Waals surface area contributed by atoms with Gasteiger partial charge in [0.15, 0.2) is 0 Å². The van der Waals surface area contributed by atoms with E-state index in [1.165, 1.54) is 6.07 Å². The fraction of sp³-hybridized carbons (Fsp3) is 0.364. The number of fused-ring (bicyclic) bond motifs is 1. The SMILES string of the molecule is CCOC(=O)N1CCC(Nn2c(Cc3cccc(F)c3)nc3ccccc32)CC1. The lowest BCUT2D eigenvalue weighted by Gasteiger charge is -2.32. The summed E-state index contributed by atoms with van der Waals surface area (Å²) < 4.78 is 20.7. The van der Waals surface area contributed by atoms with Crippen molar-refractivity contribution in [3.05, 3.63) is 65.7 Å². The number of para-hydroxylation sites is 2. The number of hydrogen-bond donors (Lipinski definition) is 1. The van der Waals surface area contributed by atoms with Gasteiger partial charge in [-0.3, -0.25) is 0 Å². The number of halogens is 1. The van der Waals surface area contributed by atoms with Gasteiger partial charge in [0.2, 0.25) is 0 Å². The smallest absolute Gasteiger partial charge is 0.409 e. The van der Waals surface area contributed by atoms with Crippen LogP contribution in [0.25, 0.3) is 11.0 Å². The molecule has 0 radical (unpaired) electrons. The molecular formula is C22H25FN4O2. The first kappa shape index (κ1) is 19.2. The van der Waals surface area contributed by atoms with E-state index in [2.05, 4.69) is 5.43 Å². The van der Waals surface area contributed by atoms with E-state index in [0.29, 0.717) is 26.1 Å². The molecule has 1 saturated heterocycles. The fourth-order valence-corrected chi connectivity index (χ4v) is 3.76. The molecule has 4 rings (SSSR count). The summed E-state index contributed by atoms with van der Waals surface area (Å²) in [5.74, 6) is 0.592. The quantitative estimate of drug-likeness (QED) is 0.710. The minimum absolute atomic E-state index is 0.213. The number of hydrogen-bond acceptors (Lipinski definition) is 4. The van der Waals surface area contributed by atoms with Crippen LogP contribution in [0.1, 0.15) is 31.2 Å². The molecule has 2 heterocycles. The van der Waals surface area contributed by atoms with Crippen LogP contribution in [-0.2, 0) is 11.2 Å². The third kappa shape index (κ3) is 4.34. The Hall–Kier alpha value is -3.09. The molecule has 2 aromatic carbocycles. The summed E-state index contributed by atoms with van der Waals surface area (Å²) in [5.41, 5.74) is 6.35. The molecule has 29 heavy (non-hydrogen) atoms. The predicted octanol–water partition coefficient (Wildman–Crippen LogP) is 3.93. The van der Waals surface area contributed by atoms with Gasteiger partial charge in [-0.15, -0.1) is 0 Å². The normalized spacial score (nSPS) is 14.9. The zero-order valence-corrected chi connectivity index (χ0v) is 16.5. The number of nitrogens with zero attached hydrogens (tertiary/aromatic N) is 3. The zero-order chi connectivity index (χ0) is 20.2. The van der Waals surface area contributed by atoms with Crippen LogP contribution in [-0.4, -0.2) is 46.4 Å². The summed E-state index contributed by atoms with van der Waals surface area (Å²) in [7, 11) is 0. The number of ether oxygens (including phenoxy) is 1. The van der Waals surface area contributed by atoms with Gasteiger partial charge in [-0.1, -0.05) is 24.3 Å². The van der Waals surface area contributed by atoms with Gasteiger partial charge in [-0.2, -0.15) is 0 Å². The Kier molecular flexibility index (Phi) is 5.64. The molecule has 0 unspecified atom stereocenters. The van der Waals surface area contributed by atoms with Gasteiger partial charge in [0.25, 0.3) is 0 Å². The van der Waals surface area contributed by atoms with Crippen molar-refractivity contribution in [1.29, 1.82) is 0 Å². The molecule has 1 amide bonds.